The van der Waals surface area contributed by atoms with Crippen molar-refractivity contribution in [3.8, 4) is 0 Å². The number of carbonyl (C=O) groups is 2. The number of aliphatic carboxylic acids is 1. The molecule has 6 heteroatoms. The number of carboxylic acids is 1. The van der Waals surface area contributed by atoms with Crippen molar-refractivity contribution >= 4 is 11.9 Å². The van der Waals surface area contributed by atoms with Crippen molar-refractivity contribution < 1.29 is 14.7 Å². The van der Waals surface area contributed by atoms with Gasteiger partial charge in [-0.25, -0.2) is 0 Å². The molecule has 0 aliphatic heterocycles. The van der Waals surface area contributed by atoms with E-state index in [0.717, 1.165) is 5.56 Å². The predicted octanol–water partition coefficient (Wildman–Crippen LogP) is 2.30. The molecule has 0 fully saturated rings. The van der Waals surface area contributed by atoms with Gasteiger partial charge in [0.1, 0.15) is 0 Å². The monoisotopic (exact) mass is 315 g/mol. The fourth-order valence-corrected chi connectivity index (χ4v) is 2.28. The van der Waals surface area contributed by atoms with Crippen LogP contribution in [0.4, 0.5) is 0 Å². The van der Waals surface area contributed by atoms with Gasteiger partial charge in [0, 0.05) is 11.7 Å². The maximum atomic E-state index is 12.3. The van der Waals surface area contributed by atoms with Crippen molar-refractivity contribution in [2.24, 2.45) is 0 Å². The molecule has 2 aromatic rings. The summed E-state index contributed by atoms with van der Waals surface area (Å²) in [6.45, 7) is 4.16. The highest BCUT2D eigenvalue weighted by Gasteiger charge is 2.28. The highest BCUT2D eigenvalue weighted by atomic mass is 16.4. The Morgan fingerprint density at radius 1 is 1.30 bits per heavy atom. The number of nitrogens with zero attached hydrogens (tertiary/aromatic N) is 2. The molecule has 1 heterocycles. The number of amides is 1. The lowest BCUT2D eigenvalue weighted by Crippen LogP contribution is -2.46. The first-order valence-corrected chi connectivity index (χ1v) is 7.52. The number of aromatic nitrogens is 2. The zero-order valence-electron chi connectivity index (χ0n) is 13.3. The lowest BCUT2D eigenvalue weighted by molar-refractivity contribution is -0.138. The Labute approximate surface area is 135 Å². The Morgan fingerprint density at radius 2 is 2.00 bits per heavy atom. The molecule has 1 aromatic heterocycles. The van der Waals surface area contributed by atoms with Gasteiger partial charge in [0.05, 0.1) is 24.7 Å². The van der Waals surface area contributed by atoms with Crippen molar-refractivity contribution in [1.29, 1.82) is 0 Å². The number of hydrogen-bond acceptors (Lipinski definition) is 3. The average Bonchev–Trinajstić information content (AvgIpc) is 2.96. The summed E-state index contributed by atoms with van der Waals surface area (Å²) < 4.78 is 1.69. The number of carbonyl (C=O) groups excluding carboxylic acids is 1. The molecule has 23 heavy (non-hydrogen) atoms. The van der Waals surface area contributed by atoms with Crippen molar-refractivity contribution in [2.75, 3.05) is 0 Å². The van der Waals surface area contributed by atoms with Crippen LogP contribution in [0.5, 0.6) is 0 Å². The van der Waals surface area contributed by atoms with E-state index in [4.69, 9.17) is 5.11 Å². The molecule has 2 rings (SSSR count). The Morgan fingerprint density at radius 3 is 2.61 bits per heavy atom. The minimum Gasteiger partial charge on any atom is -0.481 e. The van der Waals surface area contributed by atoms with E-state index in [1.54, 1.807) is 17.8 Å². The molecular weight excluding hydrogens is 294 g/mol. The van der Waals surface area contributed by atoms with Crippen molar-refractivity contribution in [2.45, 2.75) is 38.8 Å². The fourth-order valence-electron chi connectivity index (χ4n) is 2.28. The van der Waals surface area contributed by atoms with Crippen LogP contribution < -0.4 is 5.32 Å². The van der Waals surface area contributed by atoms with Gasteiger partial charge in [-0.3, -0.25) is 14.3 Å². The van der Waals surface area contributed by atoms with Crippen LogP contribution in [0.1, 0.15) is 42.6 Å². The first-order valence-electron chi connectivity index (χ1n) is 7.52. The van der Waals surface area contributed by atoms with Crippen LogP contribution in [-0.4, -0.2) is 32.3 Å². The molecule has 0 spiro atoms. The minimum absolute atomic E-state index is 0.118. The average molecular weight is 315 g/mol. The van der Waals surface area contributed by atoms with Gasteiger partial charge in [0.2, 0.25) is 0 Å². The van der Waals surface area contributed by atoms with Crippen LogP contribution in [-0.2, 0) is 11.3 Å². The van der Waals surface area contributed by atoms with Gasteiger partial charge in [0.25, 0.3) is 5.91 Å². The molecular formula is C17H21N3O3. The molecule has 0 unspecified atom stereocenters. The van der Waals surface area contributed by atoms with Gasteiger partial charge in [-0.1, -0.05) is 37.3 Å². The molecule has 0 aliphatic carbocycles. The molecule has 1 amide bonds. The number of nitrogens with one attached hydrogen (secondary N) is 1. The van der Waals surface area contributed by atoms with E-state index in [1.807, 2.05) is 37.3 Å². The topological polar surface area (TPSA) is 84.2 Å². The number of benzene rings is 1. The van der Waals surface area contributed by atoms with Crippen LogP contribution in [0.15, 0.2) is 42.7 Å². The molecule has 1 aromatic carbocycles. The lowest BCUT2D eigenvalue weighted by Gasteiger charge is -2.27. The Balaban J connectivity index is 2.04. The normalized spacial score (nSPS) is 13.3. The molecule has 0 saturated heterocycles. The SMILES string of the molecule is CC[C@@](C)(CC(=O)O)NC(=O)c1cnn(Cc2ccccc2)c1. The van der Waals surface area contributed by atoms with E-state index in [0.29, 0.717) is 18.5 Å². The van der Waals surface area contributed by atoms with Crippen LogP contribution in [0.3, 0.4) is 0 Å². The molecule has 0 saturated carbocycles. The van der Waals surface area contributed by atoms with Gasteiger partial charge in [0.15, 0.2) is 0 Å². The second kappa shape index (κ2) is 7.09. The molecule has 1 atom stereocenters. The van der Waals surface area contributed by atoms with Crippen molar-refractivity contribution in [1.82, 2.24) is 15.1 Å². The van der Waals surface area contributed by atoms with Gasteiger partial charge in [-0.05, 0) is 18.9 Å². The minimum atomic E-state index is -0.936. The summed E-state index contributed by atoms with van der Waals surface area (Å²) in [7, 11) is 0. The summed E-state index contributed by atoms with van der Waals surface area (Å²) in [6, 6.07) is 9.82. The maximum Gasteiger partial charge on any atom is 0.305 e. The van der Waals surface area contributed by atoms with Crippen molar-refractivity contribution in [3.63, 3.8) is 0 Å². The van der Waals surface area contributed by atoms with E-state index in [9.17, 15) is 9.59 Å². The van der Waals surface area contributed by atoms with Crippen LogP contribution in [0.25, 0.3) is 0 Å². The highest BCUT2D eigenvalue weighted by Crippen LogP contribution is 2.15. The number of hydrogen-bond donors (Lipinski definition) is 2. The zero-order chi connectivity index (χ0) is 16.9. The Hall–Kier alpha value is -2.63. The van der Waals surface area contributed by atoms with Gasteiger partial charge in [-0.15, -0.1) is 0 Å². The largest absolute Gasteiger partial charge is 0.481 e. The predicted molar refractivity (Wildman–Crippen MR) is 86.2 cm³/mol. The standard InChI is InChI=1S/C17H21N3O3/c1-3-17(2,9-15(21)22)19-16(23)14-10-18-20(12-14)11-13-7-5-4-6-8-13/h4-8,10,12H,3,9,11H2,1-2H3,(H,19,23)(H,21,22)/t17-/m0/s1. The van der Waals surface area contributed by atoms with E-state index < -0.39 is 11.5 Å². The fraction of sp³-hybridized carbons (Fsp3) is 0.353. The van der Waals surface area contributed by atoms with Crippen molar-refractivity contribution in [3.05, 3.63) is 53.9 Å². The molecule has 122 valence electrons. The van der Waals surface area contributed by atoms with Gasteiger partial charge >= 0.3 is 5.97 Å². The summed E-state index contributed by atoms with van der Waals surface area (Å²) >= 11 is 0. The third-order valence-electron chi connectivity index (χ3n) is 3.82. The first-order chi connectivity index (χ1) is 10.9. The van der Waals surface area contributed by atoms with Crippen LogP contribution in [0.2, 0.25) is 0 Å². The van der Waals surface area contributed by atoms with E-state index >= 15 is 0 Å². The molecule has 0 radical (unpaired) electrons. The Bertz CT molecular complexity index is 681. The second-order valence-corrected chi connectivity index (χ2v) is 5.85. The lowest BCUT2D eigenvalue weighted by atomic mass is 9.94. The van der Waals surface area contributed by atoms with E-state index in [2.05, 4.69) is 10.4 Å². The highest BCUT2D eigenvalue weighted by molar-refractivity contribution is 5.94. The molecule has 6 nitrogen and oxygen atoms in total. The molecule has 2 N–H and O–H groups in total. The van der Waals surface area contributed by atoms with Crippen LogP contribution >= 0.6 is 0 Å². The third-order valence-corrected chi connectivity index (χ3v) is 3.82. The summed E-state index contributed by atoms with van der Waals surface area (Å²) in [5.74, 6) is -1.25. The number of rotatable bonds is 7. The summed E-state index contributed by atoms with van der Waals surface area (Å²) in [6.07, 6.45) is 3.57. The van der Waals surface area contributed by atoms with E-state index in [1.165, 1.54) is 6.20 Å². The van der Waals surface area contributed by atoms with Gasteiger partial charge in [-0.2, -0.15) is 5.10 Å². The van der Waals surface area contributed by atoms with Gasteiger partial charge < -0.3 is 10.4 Å². The molecule has 0 aliphatic rings. The zero-order valence-corrected chi connectivity index (χ0v) is 13.3. The quantitative estimate of drug-likeness (QED) is 0.821. The summed E-state index contributed by atoms with van der Waals surface area (Å²) in [5.41, 5.74) is 0.739. The third kappa shape index (κ3) is 4.67. The van der Waals surface area contributed by atoms with Crippen LogP contribution in [0, 0.1) is 0 Å². The maximum absolute atomic E-state index is 12.3. The molecule has 0 bridgehead atoms. The summed E-state index contributed by atoms with van der Waals surface area (Å²) in [4.78, 5) is 23.2. The number of carboxylic acid groups (broad SMARTS) is 1. The smallest absolute Gasteiger partial charge is 0.305 e. The summed E-state index contributed by atoms with van der Waals surface area (Å²) in [5, 5.41) is 15.9. The van der Waals surface area contributed by atoms with E-state index in [-0.39, 0.29) is 12.3 Å². The Kier molecular flexibility index (Phi) is 5.16. The first kappa shape index (κ1) is 16.7. The second-order valence-electron chi connectivity index (χ2n) is 5.85.